The average Bonchev–Trinajstić information content (AvgIpc) is 2.92. The highest BCUT2D eigenvalue weighted by atomic mass is 35.5. The van der Waals surface area contributed by atoms with Crippen LogP contribution in [-0.4, -0.2) is 52.0 Å². The van der Waals surface area contributed by atoms with E-state index in [-0.39, 0.29) is 33.8 Å². The van der Waals surface area contributed by atoms with Gasteiger partial charge < -0.3 is 29.6 Å². The number of hydrogen-bond acceptors (Lipinski definition) is 9. The summed E-state index contributed by atoms with van der Waals surface area (Å²) in [6.45, 7) is 1.84. The van der Waals surface area contributed by atoms with Crippen molar-refractivity contribution < 1.29 is 33.3 Å². The predicted octanol–water partition coefficient (Wildman–Crippen LogP) is 3.78. The molecule has 200 valence electrons. The molecule has 2 atom stereocenters. The fraction of sp³-hybridized carbons (Fsp3) is 0.308. The molecule has 0 aromatic heterocycles. The van der Waals surface area contributed by atoms with Gasteiger partial charge in [0.25, 0.3) is 0 Å². The number of benzene rings is 2. The van der Waals surface area contributed by atoms with E-state index in [1.807, 2.05) is 6.92 Å². The van der Waals surface area contributed by atoms with Crippen LogP contribution in [0.5, 0.6) is 17.2 Å². The molecule has 0 spiro atoms. The second-order valence-electron chi connectivity index (χ2n) is 8.08. The Morgan fingerprint density at radius 2 is 1.76 bits per heavy atom. The van der Waals surface area contributed by atoms with Gasteiger partial charge in [0, 0.05) is 16.6 Å². The molecule has 2 aromatic carbocycles. The molecule has 0 fully saturated rings. The summed E-state index contributed by atoms with van der Waals surface area (Å²) in [4.78, 5) is 38.4. The Morgan fingerprint density at radius 3 is 2.29 bits per heavy atom. The van der Waals surface area contributed by atoms with Gasteiger partial charge in [-0.05, 0) is 42.3 Å². The lowest BCUT2D eigenvalue weighted by Crippen LogP contribution is -2.44. The second kappa shape index (κ2) is 12.6. The molecule has 1 aliphatic rings. The number of methoxy groups -OCH3 is 4. The molecule has 0 bridgehead atoms. The Labute approximate surface area is 229 Å². The third kappa shape index (κ3) is 5.98. The number of esters is 1. The molecule has 2 N–H and O–H groups in total. The summed E-state index contributed by atoms with van der Waals surface area (Å²) >= 11 is 7.08. The minimum Gasteiger partial charge on any atom is -0.493 e. The monoisotopic (exact) mass is 559 g/mol. The number of rotatable bonds is 9. The van der Waals surface area contributed by atoms with E-state index in [9.17, 15) is 19.6 Å². The van der Waals surface area contributed by atoms with Gasteiger partial charge >= 0.3 is 5.97 Å². The van der Waals surface area contributed by atoms with E-state index in [0.29, 0.717) is 22.0 Å². The number of thioether (sulfide) groups is 1. The number of nitriles is 1. The summed E-state index contributed by atoms with van der Waals surface area (Å²) in [7, 11) is 5.45. The second-order valence-corrected chi connectivity index (χ2v) is 9.47. The standard InChI is InChI=1S/C26H26ClN3O7S/c1-13-6-7-15(10-17(13)27)29-20(31)12-38-25-16(11-28)21(22(24(32)30-25)26(33)37-5)14-8-18(34-2)23(36-4)19(9-14)35-3/h6-10,21-22H,12H2,1-5H3,(H,29,31)(H,30,32)/t21-,22+/m1/s1. The maximum absolute atomic E-state index is 13.1. The smallest absolute Gasteiger partial charge is 0.319 e. The first-order valence-electron chi connectivity index (χ1n) is 11.2. The molecule has 38 heavy (non-hydrogen) atoms. The van der Waals surface area contributed by atoms with Crippen LogP contribution in [0.2, 0.25) is 5.02 Å². The number of nitrogens with one attached hydrogen (secondary N) is 2. The fourth-order valence-electron chi connectivity index (χ4n) is 3.97. The van der Waals surface area contributed by atoms with Crippen LogP contribution in [0.25, 0.3) is 0 Å². The minimum absolute atomic E-state index is 0.0745. The molecule has 0 saturated carbocycles. The maximum Gasteiger partial charge on any atom is 0.319 e. The summed E-state index contributed by atoms with van der Waals surface area (Å²) in [6, 6.07) is 10.3. The highest BCUT2D eigenvalue weighted by Gasteiger charge is 2.45. The molecule has 1 aliphatic heterocycles. The van der Waals surface area contributed by atoms with Crippen LogP contribution in [-0.2, 0) is 19.1 Å². The molecule has 1 heterocycles. The summed E-state index contributed by atoms with van der Waals surface area (Å²) in [6.07, 6.45) is 0. The summed E-state index contributed by atoms with van der Waals surface area (Å²) in [5.41, 5.74) is 1.84. The lowest BCUT2D eigenvalue weighted by molar-refractivity contribution is -0.150. The van der Waals surface area contributed by atoms with Crippen molar-refractivity contribution in [1.82, 2.24) is 5.32 Å². The first kappa shape index (κ1) is 28.7. The number of carbonyl (C=O) groups excluding carboxylic acids is 3. The van der Waals surface area contributed by atoms with E-state index in [4.69, 9.17) is 30.5 Å². The molecule has 0 saturated heterocycles. The van der Waals surface area contributed by atoms with Gasteiger partial charge in [-0.25, -0.2) is 0 Å². The van der Waals surface area contributed by atoms with Crippen molar-refractivity contribution in [3.8, 4) is 23.3 Å². The summed E-state index contributed by atoms with van der Waals surface area (Å²) in [5, 5.41) is 16.1. The number of ether oxygens (including phenoxy) is 4. The molecule has 12 heteroatoms. The van der Waals surface area contributed by atoms with Crippen LogP contribution in [0.1, 0.15) is 17.0 Å². The molecule has 2 aromatic rings. The molecule has 3 rings (SSSR count). The zero-order valence-electron chi connectivity index (χ0n) is 21.3. The molecular formula is C26H26ClN3O7S. The van der Waals surface area contributed by atoms with Crippen molar-refractivity contribution >= 4 is 46.8 Å². The number of nitrogens with zero attached hydrogens (tertiary/aromatic N) is 1. The predicted molar refractivity (Wildman–Crippen MR) is 142 cm³/mol. The molecule has 2 amide bonds. The Morgan fingerprint density at radius 1 is 1.11 bits per heavy atom. The van der Waals surface area contributed by atoms with E-state index in [0.717, 1.165) is 24.4 Å². The third-order valence-electron chi connectivity index (χ3n) is 5.83. The Kier molecular flexibility index (Phi) is 9.50. The van der Waals surface area contributed by atoms with Crippen LogP contribution >= 0.6 is 23.4 Å². The van der Waals surface area contributed by atoms with Gasteiger partial charge in [0.15, 0.2) is 11.5 Å². The minimum atomic E-state index is -1.37. The van der Waals surface area contributed by atoms with Gasteiger partial charge in [-0.2, -0.15) is 5.26 Å². The first-order chi connectivity index (χ1) is 18.2. The molecule has 0 unspecified atom stereocenters. The van der Waals surface area contributed by atoms with Gasteiger partial charge in [-0.1, -0.05) is 29.4 Å². The van der Waals surface area contributed by atoms with E-state index in [2.05, 4.69) is 16.7 Å². The van der Waals surface area contributed by atoms with Crippen LogP contribution in [0.15, 0.2) is 40.9 Å². The summed E-state index contributed by atoms with van der Waals surface area (Å²) in [5.74, 6) is -3.57. The largest absolute Gasteiger partial charge is 0.493 e. The highest BCUT2D eigenvalue weighted by molar-refractivity contribution is 8.03. The maximum atomic E-state index is 13.1. The third-order valence-corrected chi connectivity index (χ3v) is 7.26. The van der Waals surface area contributed by atoms with Crippen LogP contribution < -0.4 is 24.8 Å². The van der Waals surface area contributed by atoms with Crippen molar-refractivity contribution in [3.63, 3.8) is 0 Å². The van der Waals surface area contributed by atoms with Crippen molar-refractivity contribution in [1.29, 1.82) is 5.26 Å². The number of allylic oxidation sites excluding steroid dienone is 1. The highest BCUT2D eigenvalue weighted by Crippen LogP contribution is 2.46. The Bertz CT molecular complexity index is 1310. The SMILES string of the molecule is COC(=O)[C@@H]1C(=O)NC(SCC(=O)Nc2ccc(C)c(Cl)c2)=C(C#N)[C@H]1c1cc(OC)c(OC)c(OC)c1. The number of carbonyl (C=O) groups is 3. The van der Waals surface area contributed by atoms with Gasteiger partial charge in [0.2, 0.25) is 17.6 Å². The van der Waals surface area contributed by atoms with E-state index >= 15 is 0 Å². The zero-order valence-corrected chi connectivity index (χ0v) is 22.9. The van der Waals surface area contributed by atoms with Gasteiger partial charge in [0.05, 0.1) is 50.9 Å². The molecule has 0 aliphatic carbocycles. The topological polar surface area (TPSA) is 136 Å². The van der Waals surface area contributed by atoms with Crippen molar-refractivity contribution in [3.05, 3.63) is 57.1 Å². The number of halogens is 1. The number of hydrogen-bond donors (Lipinski definition) is 2. The number of aryl methyl sites for hydroxylation is 1. The fourth-order valence-corrected chi connectivity index (χ4v) is 4.99. The van der Waals surface area contributed by atoms with Gasteiger partial charge in [0.1, 0.15) is 5.92 Å². The lowest BCUT2D eigenvalue weighted by atomic mass is 9.78. The Balaban J connectivity index is 2.01. The van der Waals surface area contributed by atoms with Crippen LogP contribution in [0.4, 0.5) is 5.69 Å². The average molecular weight is 560 g/mol. The quantitative estimate of drug-likeness (QED) is 0.347. The van der Waals surface area contributed by atoms with Crippen LogP contribution in [0, 0.1) is 24.2 Å². The summed E-state index contributed by atoms with van der Waals surface area (Å²) < 4.78 is 21.1. The van der Waals surface area contributed by atoms with E-state index < -0.39 is 23.7 Å². The van der Waals surface area contributed by atoms with Crippen LogP contribution in [0.3, 0.4) is 0 Å². The molecular weight excluding hydrogens is 534 g/mol. The van der Waals surface area contributed by atoms with Crippen molar-refractivity contribution in [2.24, 2.45) is 5.92 Å². The van der Waals surface area contributed by atoms with Gasteiger partial charge in [-0.3, -0.25) is 14.4 Å². The number of amides is 2. The zero-order chi connectivity index (χ0) is 28.0. The van der Waals surface area contributed by atoms with Gasteiger partial charge in [-0.15, -0.1) is 0 Å². The lowest BCUT2D eigenvalue weighted by Gasteiger charge is -2.31. The normalized spacial score (nSPS) is 16.7. The molecule has 10 nitrogen and oxygen atoms in total. The molecule has 0 radical (unpaired) electrons. The van der Waals surface area contributed by atoms with Crippen molar-refractivity contribution in [2.75, 3.05) is 39.5 Å². The first-order valence-corrected chi connectivity index (χ1v) is 12.6. The van der Waals surface area contributed by atoms with E-state index in [1.54, 1.807) is 30.3 Å². The van der Waals surface area contributed by atoms with E-state index in [1.165, 1.54) is 21.3 Å². The number of anilines is 1. The Hall–Kier alpha value is -3.88. The van der Waals surface area contributed by atoms with Crippen molar-refractivity contribution in [2.45, 2.75) is 12.8 Å².